The zero-order chi connectivity index (χ0) is 18.6. The SMILES string of the molecule is Cc1ccccc1C(=O)Nc1ccc(Nc2cccc3cccnc23)nc1. The molecule has 0 aliphatic carbocycles. The van der Waals surface area contributed by atoms with E-state index in [1.54, 1.807) is 12.4 Å². The van der Waals surface area contributed by atoms with E-state index in [0.717, 1.165) is 22.2 Å². The molecule has 0 saturated carbocycles. The fourth-order valence-electron chi connectivity index (χ4n) is 2.91. The maximum absolute atomic E-state index is 12.4. The Morgan fingerprint density at radius 2 is 1.74 bits per heavy atom. The number of rotatable bonds is 4. The zero-order valence-electron chi connectivity index (χ0n) is 14.8. The normalized spacial score (nSPS) is 10.6. The third-order valence-electron chi connectivity index (χ3n) is 4.31. The van der Waals surface area contributed by atoms with Gasteiger partial charge in [-0.2, -0.15) is 0 Å². The second-order valence-corrected chi connectivity index (χ2v) is 6.21. The molecule has 27 heavy (non-hydrogen) atoms. The third kappa shape index (κ3) is 3.62. The van der Waals surface area contributed by atoms with Gasteiger partial charge in [0.15, 0.2) is 0 Å². The standard InChI is InChI=1S/C22H18N4O/c1-15-6-2-3-9-18(15)22(27)25-17-11-12-20(24-14-17)26-19-10-4-7-16-8-5-13-23-21(16)19/h2-14H,1H3,(H,24,26)(H,25,27). The minimum atomic E-state index is -0.145. The van der Waals surface area contributed by atoms with Gasteiger partial charge in [-0.25, -0.2) is 4.98 Å². The summed E-state index contributed by atoms with van der Waals surface area (Å²) in [6.45, 7) is 1.92. The molecule has 0 bridgehead atoms. The predicted molar refractivity (Wildman–Crippen MR) is 108 cm³/mol. The molecule has 2 aromatic heterocycles. The molecule has 5 heteroatoms. The van der Waals surface area contributed by atoms with Crippen LogP contribution < -0.4 is 10.6 Å². The first kappa shape index (κ1) is 16.7. The highest BCUT2D eigenvalue weighted by Gasteiger charge is 2.09. The summed E-state index contributed by atoms with van der Waals surface area (Å²) in [6, 6.07) is 21.0. The highest BCUT2D eigenvalue weighted by molar-refractivity contribution is 6.05. The fourth-order valence-corrected chi connectivity index (χ4v) is 2.91. The van der Waals surface area contributed by atoms with E-state index < -0.39 is 0 Å². The molecule has 4 rings (SSSR count). The van der Waals surface area contributed by atoms with Crippen LogP contribution in [0.4, 0.5) is 17.2 Å². The molecule has 2 aromatic carbocycles. The van der Waals surface area contributed by atoms with Crippen molar-refractivity contribution in [2.24, 2.45) is 0 Å². The van der Waals surface area contributed by atoms with Gasteiger partial charge in [0.25, 0.3) is 5.91 Å². The molecule has 0 unspecified atom stereocenters. The molecule has 2 heterocycles. The van der Waals surface area contributed by atoms with Gasteiger partial charge in [0, 0.05) is 17.1 Å². The molecule has 1 amide bonds. The van der Waals surface area contributed by atoms with E-state index in [1.807, 2.05) is 73.7 Å². The molecule has 0 radical (unpaired) electrons. The van der Waals surface area contributed by atoms with Gasteiger partial charge in [0.05, 0.1) is 23.1 Å². The van der Waals surface area contributed by atoms with Crippen LogP contribution in [0.15, 0.2) is 79.1 Å². The summed E-state index contributed by atoms with van der Waals surface area (Å²) >= 11 is 0. The van der Waals surface area contributed by atoms with Gasteiger partial charge in [-0.05, 0) is 42.8 Å². The van der Waals surface area contributed by atoms with Crippen molar-refractivity contribution in [1.82, 2.24) is 9.97 Å². The van der Waals surface area contributed by atoms with Gasteiger partial charge in [0.2, 0.25) is 0 Å². The molecule has 2 N–H and O–H groups in total. The van der Waals surface area contributed by atoms with Crippen LogP contribution in [0.5, 0.6) is 0 Å². The van der Waals surface area contributed by atoms with E-state index in [2.05, 4.69) is 20.6 Å². The highest BCUT2D eigenvalue weighted by atomic mass is 16.1. The number of nitrogens with zero attached hydrogens (tertiary/aromatic N) is 2. The quantitative estimate of drug-likeness (QED) is 0.545. The Kier molecular flexibility index (Phi) is 4.49. The van der Waals surface area contributed by atoms with Crippen LogP contribution in [-0.4, -0.2) is 15.9 Å². The van der Waals surface area contributed by atoms with E-state index in [4.69, 9.17) is 0 Å². The van der Waals surface area contributed by atoms with Crippen LogP contribution in [-0.2, 0) is 0 Å². The summed E-state index contributed by atoms with van der Waals surface area (Å²) in [5, 5.41) is 7.22. The second-order valence-electron chi connectivity index (χ2n) is 6.21. The number of amides is 1. The lowest BCUT2D eigenvalue weighted by molar-refractivity contribution is 0.102. The van der Waals surface area contributed by atoms with Crippen molar-refractivity contribution in [1.29, 1.82) is 0 Å². The average Bonchev–Trinajstić information content (AvgIpc) is 2.70. The number of hydrogen-bond donors (Lipinski definition) is 2. The monoisotopic (exact) mass is 354 g/mol. The molecular weight excluding hydrogens is 336 g/mol. The third-order valence-corrected chi connectivity index (χ3v) is 4.31. The van der Waals surface area contributed by atoms with Crippen molar-refractivity contribution in [3.8, 4) is 0 Å². The minimum absolute atomic E-state index is 0.145. The second kappa shape index (κ2) is 7.25. The first-order valence-corrected chi connectivity index (χ1v) is 8.64. The number of benzene rings is 2. The molecule has 0 spiro atoms. The topological polar surface area (TPSA) is 66.9 Å². The molecule has 0 aliphatic rings. The molecule has 0 atom stereocenters. The van der Waals surface area contributed by atoms with Crippen molar-refractivity contribution >= 4 is 34.0 Å². The predicted octanol–water partition coefficient (Wildman–Crippen LogP) is 4.93. The van der Waals surface area contributed by atoms with E-state index >= 15 is 0 Å². The molecule has 5 nitrogen and oxygen atoms in total. The van der Waals surface area contributed by atoms with Gasteiger partial charge in [-0.3, -0.25) is 9.78 Å². The van der Waals surface area contributed by atoms with Crippen molar-refractivity contribution in [2.75, 3.05) is 10.6 Å². The van der Waals surface area contributed by atoms with Crippen molar-refractivity contribution in [3.63, 3.8) is 0 Å². The van der Waals surface area contributed by atoms with Crippen molar-refractivity contribution in [2.45, 2.75) is 6.92 Å². The number of pyridine rings is 2. The van der Waals surface area contributed by atoms with E-state index in [-0.39, 0.29) is 5.91 Å². The van der Waals surface area contributed by atoms with Crippen LogP contribution in [0.25, 0.3) is 10.9 Å². The lowest BCUT2D eigenvalue weighted by atomic mass is 10.1. The number of hydrogen-bond acceptors (Lipinski definition) is 4. The number of carbonyl (C=O) groups is 1. The van der Waals surface area contributed by atoms with Gasteiger partial charge >= 0.3 is 0 Å². The number of nitrogens with one attached hydrogen (secondary N) is 2. The maximum atomic E-state index is 12.4. The number of carbonyl (C=O) groups excluding carboxylic acids is 1. The summed E-state index contributed by atoms with van der Waals surface area (Å²) in [4.78, 5) is 21.2. The molecule has 0 aliphatic heterocycles. The Labute approximate surface area is 157 Å². The largest absolute Gasteiger partial charge is 0.338 e. The minimum Gasteiger partial charge on any atom is -0.338 e. The number of aromatic nitrogens is 2. The highest BCUT2D eigenvalue weighted by Crippen LogP contribution is 2.24. The molecule has 0 fully saturated rings. The summed E-state index contributed by atoms with van der Waals surface area (Å²) in [7, 11) is 0. The Balaban J connectivity index is 1.51. The Morgan fingerprint density at radius 3 is 2.56 bits per heavy atom. The van der Waals surface area contributed by atoms with Crippen LogP contribution in [0.1, 0.15) is 15.9 Å². The molecular formula is C22H18N4O. The molecule has 0 saturated heterocycles. The van der Waals surface area contributed by atoms with E-state index in [0.29, 0.717) is 17.1 Å². The van der Waals surface area contributed by atoms with E-state index in [9.17, 15) is 4.79 Å². The van der Waals surface area contributed by atoms with Crippen molar-refractivity contribution in [3.05, 3.63) is 90.3 Å². The molecule has 132 valence electrons. The van der Waals surface area contributed by atoms with Gasteiger partial charge in [0.1, 0.15) is 5.82 Å². The van der Waals surface area contributed by atoms with Gasteiger partial charge in [-0.15, -0.1) is 0 Å². The fraction of sp³-hybridized carbons (Fsp3) is 0.0455. The summed E-state index contributed by atoms with van der Waals surface area (Å²) in [6.07, 6.45) is 3.40. The Bertz CT molecular complexity index is 1100. The lowest BCUT2D eigenvalue weighted by Crippen LogP contribution is -2.13. The summed E-state index contributed by atoms with van der Waals surface area (Å²) in [5.74, 6) is 0.538. The smallest absolute Gasteiger partial charge is 0.255 e. The van der Waals surface area contributed by atoms with Gasteiger partial charge < -0.3 is 10.6 Å². The zero-order valence-corrected chi connectivity index (χ0v) is 14.8. The van der Waals surface area contributed by atoms with Crippen LogP contribution in [0, 0.1) is 6.92 Å². The number of aryl methyl sites for hydroxylation is 1. The Hall–Kier alpha value is -3.73. The van der Waals surface area contributed by atoms with Crippen LogP contribution in [0.3, 0.4) is 0 Å². The average molecular weight is 354 g/mol. The van der Waals surface area contributed by atoms with E-state index in [1.165, 1.54) is 0 Å². The maximum Gasteiger partial charge on any atom is 0.255 e. The number of para-hydroxylation sites is 1. The first-order valence-electron chi connectivity index (χ1n) is 8.64. The lowest BCUT2D eigenvalue weighted by Gasteiger charge is -2.10. The molecule has 4 aromatic rings. The summed E-state index contributed by atoms with van der Waals surface area (Å²) in [5.41, 5.74) is 4.01. The van der Waals surface area contributed by atoms with Crippen LogP contribution >= 0.6 is 0 Å². The van der Waals surface area contributed by atoms with Crippen LogP contribution in [0.2, 0.25) is 0 Å². The first-order chi connectivity index (χ1) is 13.2. The van der Waals surface area contributed by atoms with Gasteiger partial charge in [-0.1, -0.05) is 36.4 Å². The number of fused-ring (bicyclic) bond motifs is 1. The number of anilines is 3. The Morgan fingerprint density at radius 1 is 0.889 bits per heavy atom. The summed E-state index contributed by atoms with van der Waals surface area (Å²) < 4.78 is 0. The van der Waals surface area contributed by atoms with Crippen molar-refractivity contribution < 1.29 is 4.79 Å².